The number of aromatic nitrogens is 4. The molecular formula is C29H30F2N6O. The highest BCUT2D eigenvalue weighted by molar-refractivity contribution is 5.66. The molecule has 7 nitrogen and oxygen atoms in total. The molecule has 1 fully saturated rings. The molecule has 38 heavy (non-hydrogen) atoms. The molecule has 2 aliphatic carbocycles. The molecule has 0 amide bonds. The third-order valence-electron chi connectivity index (χ3n) is 7.82. The van der Waals surface area contributed by atoms with Gasteiger partial charge in [-0.15, -0.1) is 0 Å². The van der Waals surface area contributed by atoms with Crippen LogP contribution >= 0.6 is 0 Å². The van der Waals surface area contributed by atoms with Gasteiger partial charge in [-0.1, -0.05) is 24.5 Å². The van der Waals surface area contributed by atoms with E-state index < -0.39 is 17.2 Å². The van der Waals surface area contributed by atoms with Gasteiger partial charge in [0.25, 0.3) is 0 Å². The maximum atomic E-state index is 15.3. The average Bonchev–Trinajstić information content (AvgIpc) is 3.50. The predicted molar refractivity (Wildman–Crippen MR) is 142 cm³/mol. The van der Waals surface area contributed by atoms with Crippen LogP contribution in [0.5, 0.6) is 0 Å². The lowest BCUT2D eigenvalue weighted by Crippen LogP contribution is -2.25. The fourth-order valence-corrected chi connectivity index (χ4v) is 5.96. The van der Waals surface area contributed by atoms with Gasteiger partial charge in [-0.2, -0.15) is 9.61 Å². The third-order valence-corrected chi connectivity index (χ3v) is 7.82. The molecule has 0 bridgehead atoms. The van der Waals surface area contributed by atoms with Gasteiger partial charge in [0.15, 0.2) is 0 Å². The molecule has 0 aliphatic heterocycles. The van der Waals surface area contributed by atoms with Gasteiger partial charge in [0.05, 0.1) is 40.5 Å². The lowest BCUT2D eigenvalue weighted by Gasteiger charge is -2.27. The molecule has 1 aromatic carbocycles. The first-order valence-electron chi connectivity index (χ1n) is 13.0. The van der Waals surface area contributed by atoms with Crippen LogP contribution in [0.1, 0.15) is 62.5 Å². The number of nitrogens with zero attached hydrogens (tertiary/aromatic N) is 4. The van der Waals surface area contributed by atoms with Crippen LogP contribution in [0.15, 0.2) is 60.6 Å². The van der Waals surface area contributed by atoms with Crippen LogP contribution in [0, 0.1) is 11.6 Å². The number of allylic oxidation sites excluding steroid dienone is 1. The smallest absolute Gasteiger partial charge is 0.229 e. The summed E-state index contributed by atoms with van der Waals surface area (Å²) in [5, 5.41) is 18.7. The van der Waals surface area contributed by atoms with E-state index in [2.05, 4.69) is 33.4 Å². The minimum Gasteiger partial charge on any atom is -0.385 e. The Morgan fingerprint density at radius 1 is 1.11 bits per heavy atom. The maximum absolute atomic E-state index is 15.3. The molecule has 1 saturated carbocycles. The Labute approximate surface area is 219 Å². The van der Waals surface area contributed by atoms with Crippen LogP contribution in [-0.2, 0) is 5.60 Å². The van der Waals surface area contributed by atoms with E-state index in [1.54, 1.807) is 30.7 Å². The molecule has 6 rings (SSSR count). The summed E-state index contributed by atoms with van der Waals surface area (Å²) in [6.07, 6.45) is 11.6. The van der Waals surface area contributed by atoms with Crippen molar-refractivity contribution in [3.05, 3.63) is 83.3 Å². The molecule has 3 aromatic heterocycles. The number of nitrogens with two attached hydrogens (primary N) is 1. The van der Waals surface area contributed by atoms with E-state index in [0.717, 1.165) is 36.9 Å². The number of imidazole rings is 1. The van der Waals surface area contributed by atoms with E-state index in [1.807, 2.05) is 6.07 Å². The molecule has 0 radical (unpaired) electrons. The number of aliphatic hydroxyl groups is 1. The van der Waals surface area contributed by atoms with Crippen molar-refractivity contribution in [3.8, 4) is 11.3 Å². The molecule has 2 aliphatic rings. The summed E-state index contributed by atoms with van der Waals surface area (Å²) >= 11 is 0. The Morgan fingerprint density at radius 3 is 2.61 bits per heavy atom. The highest BCUT2D eigenvalue weighted by atomic mass is 19.1. The zero-order valence-corrected chi connectivity index (χ0v) is 21.2. The highest BCUT2D eigenvalue weighted by Gasteiger charge is 2.34. The number of fused-ring (bicyclic) bond motifs is 1. The van der Waals surface area contributed by atoms with Gasteiger partial charge in [-0.25, -0.2) is 13.8 Å². The van der Waals surface area contributed by atoms with Gasteiger partial charge >= 0.3 is 0 Å². The van der Waals surface area contributed by atoms with Crippen LogP contribution in [-0.4, -0.2) is 30.7 Å². The summed E-state index contributed by atoms with van der Waals surface area (Å²) in [5.74, 6) is -0.880. The fraction of sp³-hybridized carbons (Fsp3) is 0.345. The van der Waals surface area contributed by atoms with Crippen LogP contribution in [0.25, 0.3) is 16.8 Å². The molecule has 4 aromatic rings. The van der Waals surface area contributed by atoms with Crippen molar-refractivity contribution in [2.24, 2.45) is 5.73 Å². The number of benzene rings is 1. The molecule has 2 unspecified atom stereocenters. The Bertz CT molecular complexity index is 1520. The number of hydrogen-bond acceptors (Lipinski definition) is 6. The minimum absolute atomic E-state index is 0.00296. The monoisotopic (exact) mass is 516 g/mol. The van der Waals surface area contributed by atoms with Crippen molar-refractivity contribution in [2.75, 3.05) is 5.32 Å². The van der Waals surface area contributed by atoms with Gasteiger partial charge in [0, 0.05) is 12.2 Å². The molecule has 4 N–H and O–H groups in total. The Morgan fingerprint density at radius 2 is 1.87 bits per heavy atom. The number of nitrogens with one attached hydrogen (secondary N) is 1. The van der Waals surface area contributed by atoms with E-state index in [9.17, 15) is 5.11 Å². The second kappa shape index (κ2) is 9.56. The zero-order valence-electron chi connectivity index (χ0n) is 21.2. The zero-order chi connectivity index (χ0) is 26.4. The number of pyridine rings is 1. The van der Waals surface area contributed by atoms with E-state index in [-0.39, 0.29) is 28.8 Å². The summed E-state index contributed by atoms with van der Waals surface area (Å²) in [7, 11) is 0. The predicted octanol–water partition coefficient (Wildman–Crippen LogP) is 5.73. The number of halogens is 2. The van der Waals surface area contributed by atoms with Crippen LogP contribution in [0.3, 0.4) is 0 Å². The number of anilines is 2. The van der Waals surface area contributed by atoms with Crippen molar-refractivity contribution >= 4 is 17.2 Å². The minimum atomic E-state index is -1.18. The van der Waals surface area contributed by atoms with Crippen molar-refractivity contribution in [1.82, 2.24) is 19.6 Å². The SMILES string of the molecule is CC1=CC(N)CC(c2ccncc2Nc2ncc3ccc(-c4c(F)cc(C5(O)CCCC5)cc4F)nn23)C1. The first-order valence-corrected chi connectivity index (χ1v) is 13.0. The molecule has 0 spiro atoms. The first-order chi connectivity index (χ1) is 18.3. The van der Waals surface area contributed by atoms with Gasteiger partial charge in [0.2, 0.25) is 5.95 Å². The van der Waals surface area contributed by atoms with Crippen molar-refractivity contribution < 1.29 is 13.9 Å². The average molecular weight is 517 g/mol. The highest BCUT2D eigenvalue weighted by Crippen LogP contribution is 2.41. The summed E-state index contributed by atoms with van der Waals surface area (Å²) in [6.45, 7) is 2.09. The Kier molecular flexibility index (Phi) is 6.20. The van der Waals surface area contributed by atoms with Gasteiger partial charge < -0.3 is 16.2 Å². The van der Waals surface area contributed by atoms with Gasteiger partial charge in [0.1, 0.15) is 11.6 Å². The molecule has 0 saturated heterocycles. The summed E-state index contributed by atoms with van der Waals surface area (Å²) in [4.78, 5) is 8.76. The largest absolute Gasteiger partial charge is 0.385 e. The summed E-state index contributed by atoms with van der Waals surface area (Å²) < 4.78 is 32.1. The van der Waals surface area contributed by atoms with Gasteiger partial charge in [-0.3, -0.25) is 4.98 Å². The lowest BCUT2D eigenvalue weighted by atomic mass is 9.82. The molecule has 196 valence electrons. The van der Waals surface area contributed by atoms with Crippen LogP contribution in [0.2, 0.25) is 0 Å². The summed E-state index contributed by atoms with van der Waals surface area (Å²) in [5.41, 5.74) is 9.01. The molecule has 2 atom stereocenters. The fourth-order valence-electron chi connectivity index (χ4n) is 5.96. The summed E-state index contributed by atoms with van der Waals surface area (Å²) in [6, 6.07) is 7.73. The number of hydrogen-bond donors (Lipinski definition) is 3. The van der Waals surface area contributed by atoms with Gasteiger partial charge in [-0.05, 0) is 80.0 Å². The third kappa shape index (κ3) is 4.46. The standard InChI is InChI=1S/C29H30F2N6O/c1-17-10-18(12-20(32)11-17)22-6-9-33-16-26(22)35-28-34-15-21-4-5-25(36-37(21)28)27-23(30)13-19(14-24(27)31)29(38)7-2-3-8-29/h4-6,9,11,13-16,18,20,38H,2-3,7-8,10,12,32H2,1H3,(H,34,35). The molecule has 9 heteroatoms. The van der Waals surface area contributed by atoms with Crippen LogP contribution < -0.4 is 11.1 Å². The number of rotatable bonds is 5. The molecule has 3 heterocycles. The van der Waals surface area contributed by atoms with Crippen molar-refractivity contribution in [2.45, 2.75) is 63.0 Å². The Balaban J connectivity index is 1.35. The topological polar surface area (TPSA) is 101 Å². The second-order valence-electron chi connectivity index (χ2n) is 10.6. The van der Waals surface area contributed by atoms with E-state index in [4.69, 9.17) is 5.73 Å². The normalized spacial score (nSPS) is 21.0. The van der Waals surface area contributed by atoms with Crippen molar-refractivity contribution in [3.63, 3.8) is 0 Å². The van der Waals surface area contributed by atoms with E-state index >= 15 is 8.78 Å². The second-order valence-corrected chi connectivity index (χ2v) is 10.6. The lowest BCUT2D eigenvalue weighted by molar-refractivity contribution is 0.0438. The van der Waals surface area contributed by atoms with Crippen LogP contribution in [0.4, 0.5) is 20.4 Å². The maximum Gasteiger partial charge on any atom is 0.229 e. The quantitative estimate of drug-likeness (QED) is 0.293. The molecular weight excluding hydrogens is 486 g/mol. The first kappa shape index (κ1) is 24.6. The van der Waals surface area contributed by atoms with Crippen molar-refractivity contribution in [1.29, 1.82) is 0 Å². The Hall–Kier alpha value is -3.69. The van der Waals surface area contributed by atoms with E-state index in [1.165, 1.54) is 22.2 Å². The van der Waals surface area contributed by atoms with E-state index in [0.29, 0.717) is 24.3 Å².